The van der Waals surface area contributed by atoms with Gasteiger partial charge in [-0.1, -0.05) is 26.7 Å². The van der Waals surface area contributed by atoms with E-state index in [1.165, 1.54) is 0 Å². The molecule has 24 heavy (non-hydrogen) atoms. The van der Waals surface area contributed by atoms with Crippen LogP contribution >= 0.6 is 12.4 Å². The van der Waals surface area contributed by atoms with E-state index in [2.05, 4.69) is 18.6 Å². The minimum atomic E-state index is -3.51. The highest BCUT2D eigenvalue weighted by atomic mass is 35.5. The van der Waals surface area contributed by atoms with Crippen LogP contribution in [0.4, 0.5) is 0 Å². The van der Waals surface area contributed by atoms with Crippen molar-refractivity contribution in [3.8, 4) is 5.75 Å². The van der Waals surface area contributed by atoms with Crippen molar-refractivity contribution < 1.29 is 13.2 Å². The number of halogens is 1. The van der Waals surface area contributed by atoms with Crippen molar-refractivity contribution >= 4 is 22.4 Å². The fourth-order valence-corrected chi connectivity index (χ4v) is 4.23. The summed E-state index contributed by atoms with van der Waals surface area (Å²) in [4.78, 5) is 0.274. The Hall–Kier alpha value is -0.820. The van der Waals surface area contributed by atoms with Gasteiger partial charge in [0.2, 0.25) is 10.0 Å². The summed E-state index contributed by atoms with van der Waals surface area (Å²) in [6.45, 7) is 5.28. The van der Waals surface area contributed by atoms with Crippen LogP contribution in [-0.2, 0) is 10.0 Å². The second kappa shape index (κ2) is 9.61. The molecule has 1 aromatic carbocycles. The molecular weight excluding hydrogens is 348 g/mol. The number of nitrogens with two attached hydrogens (primary N) is 1. The van der Waals surface area contributed by atoms with Gasteiger partial charge in [-0.3, -0.25) is 0 Å². The number of benzene rings is 1. The molecule has 0 saturated heterocycles. The van der Waals surface area contributed by atoms with E-state index in [0.717, 1.165) is 25.7 Å². The zero-order valence-electron chi connectivity index (χ0n) is 14.4. The molecule has 2 unspecified atom stereocenters. The lowest BCUT2D eigenvalue weighted by Gasteiger charge is -2.31. The van der Waals surface area contributed by atoms with Crippen LogP contribution in [0.1, 0.15) is 39.5 Å². The average Bonchev–Trinajstić information content (AvgIpc) is 2.53. The molecule has 1 fully saturated rings. The van der Waals surface area contributed by atoms with Crippen LogP contribution in [-0.4, -0.2) is 27.6 Å². The van der Waals surface area contributed by atoms with Crippen molar-refractivity contribution in [3.05, 3.63) is 24.3 Å². The second-order valence-electron chi connectivity index (χ2n) is 6.68. The Morgan fingerprint density at radius 1 is 1.21 bits per heavy atom. The van der Waals surface area contributed by atoms with Gasteiger partial charge in [0.25, 0.3) is 0 Å². The molecule has 0 amide bonds. The molecule has 3 N–H and O–H groups in total. The van der Waals surface area contributed by atoms with Crippen LogP contribution in [0.25, 0.3) is 0 Å². The fraction of sp³-hybridized carbons (Fsp3) is 0.647. The molecule has 5 nitrogen and oxygen atoms in total. The lowest BCUT2D eigenvalue weighted by molar-refractivity contribution is 0.271. The van der Waals surface area contributed by atoms with Gasteiger partial charge in [0.1, 0.15) is 5.75 Å². The van der Waals surface area contributed by atoms with Gasteiger partial charge < -0.3 is 10.5 Å². The van der Waals surface area contributed by atoms with Gasteiger partial charge in [-0.2, -0.15) is 0 Å². The van der Waals surface area contributed by atoms with Crippen molar-refractivity contribution in [2.24, 2.45) is 17.6 Å². The van der Waals surface area contributed by atoms with Crippen LogP contribution < -0.4 is 15.2 Å². The Bertz CT molecular complexity index is 590. The normalized spacial score (nSPS) is 21.3. The van der Waals surface area contributed by atoms with E-state index in [9.17, 15) is 8.42 Å². The largest absolute Gasteiger partial charge is 0.493 e. The van der Waals surface area contributed by atoms with Gasteiger partial charge in [0.05, 0.1) is 11.5 Å². The summed E-state index contributed by atoms with van der Waals surface area (Å²) in [5.74, 6) is 1.35. The lowest BCUT2D eigenvalue weighted by atomic mass is 9.85. The minimum Gasteiger partial charge on any atom is -0.493 e. The first-order valence-corrected chi connectivity index (χ1v) is 9.86. The Labute approximate surface area is 151 Å². The molecule has 1 aliphatic carbocycles. The van der Waals surface area contributed by atoms with Gasteiger partial charge >= 0.3 is 0 Å². The highest BCUT2D eigenvalue weighted by molar-refractivity contribution is 7.89. The molecule has 0 aromatic heterocycles. The number of hydrogen-bond acceptors (Lipinski definition) is 4. The number of nitrogens with one attached hydrogen (secondary N) is 1. The third kappa shape index (κ3) is 5.92. The van der Waals surface area contributed by atoms with E-state index in [-0.39, 0.29) is 29.3 Å². The monoisotopic (exact) mass is 376 g/mol. The topological polar surface area (TPSA) is 81.4 Å². The third-order valence-corrected chi connectivity index (χ3v) is 5.74. The molecule has 0 heterocycles. The van der Waals surface area contributed by atoms with E-state index >= 15 is 0 Å². The fourth-order valence-electron chi connectivity index (χ4n) is 2.89. The number of rotatable bonds is 7. The van der Waals surface area contributed by atoms with Gasteiger partial charge in [-0.15, -0.1) is 12.4 Å². The Morgan fingerprint density at radius 2 is 1.83 bits per heavy atom. The molecule has 1 aromatic rings. The van der Waals surface area contributed by atoms with Crippen LogP contribution in [0, 0.1) is 11.8 Å². The van der Waals surface area contributed by atoms with E-state index in [4.69, 9.17) is 10.5 Å². The number of ether oxygens (including phenoxy) is 1. The number of sulfonamides is 1. The first-order chi connectivity index (χ1) is 10.9. The maximum Gasteiger partial charge on any atom is 0.240 e. The highest BCUT2D eigenvalue weighted by Crippen LogP contribution is 2.25. The van der Waals surface area contributed by atoms with Gasteiger partial charge in [-0.25, -0.2) is 13.1 Å². The maximum absolute atomic E-state index is 12.5. The lowest BCUT2D eigenvalue weighted by Crippen LogP contribution is -2.44. The molecule has 7 heteroatoms. The Balaban J connectivity index is 0.00000288. The first-order valence-electron chi connectivity index (χ1n) is 8.37. The SMILES string of the molecule is CC(C)COc1ccc(S(=O)(=O)NC2CCCCC2CN)cc1.Cl. The standard InChI is InChI=1S/C17H28N2O3S.ClH/c1-13(2)12-22-15-7-9-16(10-8-15)23(20,21)19-17-6-4-3-5-14(17)11-18;/h7-10,13-14,17,19H,3-6,11-12,18H2,1-2H3;1H. The van der Waals surface area contributed by atoms with E-state index in [1.54, 1.807) is 24.3 Å². The predicted octanol–water partition coefficient (Wildman–Crippen LogP) is 2.94. The molecule has 1 saturated carbocycles. The molecular formula is C17H29ClN2O3S. The Morgan fingerprint density at radius 3 is 2.42 bits per heavy atom. The summed E-state index contributed by atoms with van der Waals surface area (Å²) in [6.07, 6.45) is 4.02. The van der Waals surface area contributed by atoms with Crippen molar-refractivity contribution in [2.45, 2.75) is 50.5 Å². The quantitative estimate of drug-likeness (QED) is 0.766. The summed E-state index contributed by atoms with van der Waals surface area (Å²) in [6, 6.07) is 6.54. The smallest absolute Gasteiger partial charge is 0.240 e. The van der Waals surface area contributed by atoms with E-state index in [0.29, 0.717) is 24.8 Å². The molecule has 0 bridgehead atoms. The zero-order chi connectivity index (χ0) is 16.9. The van der Waals surface area contributed by atoms with Crippen molar-refractivity contribution in [2.75, 3.05) is 13.2 Å². The van der Waals surface area contributed by atoms with Crippen molar-refractivity contribution in [1.29, 1.82) is 0 Å². The maximum atomic E-state index is 12.5. The molecule has 2 atom stereocenters. The van der Waals surface area contributed by atoms with Gasteiger partial charge in [0, 0.05) is 6.04 Å². The van der Waals surface area contributed by atoms with E-state index in [1.807, 2.05) is 0 Å². The molecule has 138 valence electrons. The molecule has 0 aliphatic heterocycles. The third-order valence-electron chi connectivity index (χ3n) is 4.24. The molecule has 0 radical (unpaired) electrons. The van der Waals surface area contributed by atoms with Crippen LogP contribution in [0.15, 0.2) is 29.2 Å². The summed E-state index contributed by atoms with van der Waals surface area (Å²) in [5, 5.41) is 0. The molecule has 0 spiro atoms. The van der Waals surface area contributed by atoms with Crippen LogP contribution in [0.3, 0.4) is 0 Å². The Kier molecular flexibility index (Phi) is 8.50. The molecule has 2 rings (SSSR count). The van der Waals surface area contributed by atoms with Crippen molar-refractivity contribution in [1.82, 2.24) is 4.72 Å². The number of hydrogen-bond donors (Lipinski definition) is 2. The van der Waals surface area contributed by atoms with Crippen LogP contribution in [0.5, 0.6) is 5.75 Å². The summed E-state index contributed by atoms with van der Waals surface area (Å²) in [7, 11) is -3.51. The highest BCUT2D eigenvalue weighted by Gasteiger charge is 2.28. The predicted molar refractivity (Wildman–Crippen MR) is 99.1 cm³/mol. The van der Waals surface area contributed by atoms with Gasteiger partial charge in [-0.05, 0) is 55.5 Å². The first kappa shape index (κ1) is 21.2. The van der Waals surface area contributed by atoms with Gasteiger partial charge in [0.15, 0.2) is 0 Å². The van der Waals surface area contributed by atoms with E-state index < -0.39 is 10.0 Å². The summed E-state index contributed by atoms with van der Waals surface area (Å²) >= 11 is 0. The van der Waals surface area contributed by atoms with Crippen LogP contribution in [0.2, 0.25) is 0 Å². The summed E-state index contributed by atoms with van der Waals surface area (Å²) in [5.41, 5.74) is 5.78. The average molecular weight is 377 g/mol. The zero-order valence-corrected chi connectivity index (χ0v) is 16.0. The second-order valence-corrected chi connectivity index (χ2v) is 8.40. The summed E-state index contributed by atoms with van der Waals surface area (Å²) < 4.78 is 33.5. The molecule has 1 aliphatic rings. The van der Waals surface area contributed by atoms with Crippen molar-refractivity contribution in [3.63, 3.8) is 0 Å². The minimum absolute atomic E-state index is 0.